The van der Waals surface area contributed by atoms with Crippen LogP contribution in [0, 0.1) is 0 Å². The maximum Gasteiger partial charge on any atom is 0.137 e. The molecule has 0 amide bonds. The number of halogens is 1. The number of hydrogen-bond donors (Lipinski definition) is 2. The fourth-order valence-corrected chi connectivity index (χ4v) is 2.49. The Morgan fingerprint density at radius 1 is 1.12 bits per heavy atom. The molecule has 0 aliphatic heterocycles. The first-order valence-electron chi connectivity index (χ1n) is 7.78. The number of rotatable bonds is 7. The third kappa shape index (κ3) is 3.90. The van der Waals surface area contributed by atoms with Gasteiger partial charge in [0.1, 0.15) is 31.2 Å². The van der Waals surface area contributed by atoms with E-state index in [1.807, 2.05) is 42.5 Å². The molecule has 0 aliphatic rings. The lowest BCUT2D eigenvalue weighted by Gasteiger charge is -2.10. The maximum absolute atomic E-state index is 12.2. The van der Waals surface area contributed by atoms with Crippen LogP contribution in [-0.4, -0.2) is 29.8 Å². The highest BCUT2D eigenvalue weighted by Gasteiger charge is 2.04. The predicted octanol–water partition coefficient (Wildman–Crippen LogP) is 3.21. The molecule has 0 aliphatic carbocycles. The first-order valence-corrected chi connectivity index (χ1v) is 7.78. The van der Waals surface area contributed by atoms with E-state index >= 15 is 0 Å². The average Bonchev–Trinajstić information content (AvgIpc) is 2.61. The summed E-state index contributed by atoms with van der Waals surface area (Å²) in [4.78, 5) is 8.53. The Morgan fingerprint density at radius 3 is 2.92 bits per heavy atom. The Hall–Kier alpha value is -2.89. The van der Waals surface area contributed by atoms with E-state index in [-0.39, 0.29) is 6.61 Å². The highest BCUT2D eigenvalue weighted by atomic mass is 19.1. The number of benzene rings is 2. The molecule has 3 aromatic rings. The second-order valence-corrected chi connectivity index (χ2v) is 5.36. The molecule has 1 heterocycles. The number of anilines is 2. The summed E-state index contributed by atoms with van der Waals surface area (Å²) in [6, 6.07) is 13.2. The van der Waals surface area contributed by atoms with Gasteiger partial charge in [-0.3, -0.25) is 0 Å². The smallest absolute Gasteiger partial charge is 0.137 e. The Bertz CT molecular complexity index is 825. The maximum atomic E-state index is 12.2. The molecule has 1 aromatic heterocycles. The third-order valence-electron chi connectivity index (χ3n) is 3.61. The van der Waals surface area contributed by atoms with Crippen molar-refractivity contribution >= 4 is 22.4 Å². The van der Waals surface area contributed by atoms with Crippen molar-refractivity contribution in [1.29, 1.82) is 0 Å². The molecule has 0 fully saturated rings. The number of hydrogen-bond acceptors (Lipinski definition) is 5. The topological polar surface area (TPSA) is 73.1 Å². The van der Waals surface area contributed by atoms with Gasteiger partial charge in [0.2, 0.25) is 0 Å². The van der Waals surface area contributed by atoms with Gasteiger partial charge in [0.05, 0.1) is 5.52 Å². The van der Waals surface area contributed by atoms with Crippen molar-refractivity contribution in [2.75, 3.05) is 30.9 Å². The molecule has 0 spiro atoms. The minimum Gasteiger partial charge on any atom is -0.491 e. The van der Waals surface area contributed by atoms with Crippen LogP contribution in [-0.2, 0) is 6.42 Å². The molecule has 5 nitrogen and oxygen atoms in total. The Balaban J connectivity index is 1.65. The number of nitrogens with zero attached hydrogens (tertiary/aromatic N) is 2. The van der Waals surface area contributed by atoms with Gasteiger partial charge in [0, 0.05) is 17.6 Å². The average molecular weight is 326 g/mol. The first-order chi connectivity index (χ1) is 11.8. The fraction of sp³-hybridized carbons (Fsp3) is 0.222. The number of nitrogen functional groups attached to an aromatic ring is 1. The molecule has 0 radical (unpaired) electrons. The van der Waals surface area contributed by atoms with E-state index in [2.05, 4.69) is 15.3 Å². The Kier molecular flexibility index (Phi) is 5.05. The zero-order valence-electron chi connectivity index (χ0n) is 13.2. The second kappa shape index (κ2) is 7.59. The lowest BCUT2D eigenvalue weighted by Crippen LogP contribution is -2.07. The molecular formula is C18H19FN4O. The zero-order valence-corrected chi connectivity index (χ0v) is 13.2. The fourth-order valence-electron chi connectivity index (χ4n) is 2.49. The van der Waals surface area contributed by atoms with Crippen LogP contribution in [0.3, 0.4) is 0 Å². The van der Waals surface area contributed by atoms with Gasteiger partial charge in [-0.15, -0.1) is 0 Å². The normalized spacial score (nSPS) is 10.7. The largest absolute Gasteiger partial charge is 0.491 e. The van der Waals surface area contributed by atoms with Crippen LogP contribution in [0.1, 0.15) is 5.56 Å². The summed E-state index contributed by atoms with van der Waals surface area (Å²) >= 11 is 0. The number of aromatic nitrogens is 2. The molecule has 0 unspecified atom stereocenters. The van der Waals surface area contributed by atoms with Crippen LogP contribution in [0.15, 0.2) is 48.8 Å². The lowest BCUT2D eigenvalue weighted by molar-refractivity contribution is 0.273. The molecule has 124 valence electrons. The van der Waals surface area contributed by atoms with Crippen LogP contribution >= 0.6 is 0 Å². The van der Waals surface area contributed by atoms with Crippen molar-refractivity contribution in [3.63, 3.8) is 0 Å². The Labute approximate surface area is 139 Å². The van der Waals surface area contributed by atoms with Gasteiger partial charge in [-0.05, 0) is 42.3 Å². The molecule has 24 heavy (non-hydrogen) atoms. The number of nitrogens with two attached hydrogens (primary N) is 1. The van der Waals surface area contributed by atoms with E-state index in [0.29, 0.717) is 18.0 Å². The van der Waals surface area contributed by atoms with Crippen LogP contribution in [0.25, 0.3) is 10.9 Å². The molecule has 0 saturated heterocycles. The molecule has 6 heteroatoms. The van der Waals surface area contributed by atoms with Crippen LogP contribution in [0.4, 0.5) is 15.9 Å². The van der Waals surface area contributed by atoms with E-state index < -0.39 is 6.67 Å². The molecule has 0 bridgehead atoms. The van der Waals surface area contributed by atoms with Gasteiger partial charge in [0.25, 0.3) is 0 Å². The zero-order chi connectivity index (χ0) is 16.8. The SMILES string of the molecule is Nc1ccc2ncnc(NCCc3cccc(OCCF)c3)c2c1. The first kappa shape index (κ1) is 16.0. The highest BCUT2D eigenvalue weighted by molar-refractivity contribution is 5.91. The van der Waals surface area contributed by atoms with Crippen molar-refractivity contribution in [2.24, 2.45) is 0 Å². The number of fused-ring (bicyclic) bond motifs is 1. The van der Waals surface area contributed by atoms with Crippen LogP contribution < -0.4 is 15.8 Å². The predicted molar refractivity (Wildman–Crippen MR) is 94.1 cm³/mol. The summed E-state index contributed by atoms with van der Waals surface area (Å²) in [7, 11) is 0. The van der Waals surface area contributed by atoms with Gasteiger partial charge < -0.3 is 15.8 Å². The summed E-state index contributed by atoms with van der Waals surface area (Å²) in [6.07, 6.45) is 2.33. The van der Waals surface area contributed by atoms with Gasteiger partial charge in [0.15, 0.2) is 0 Å². The molecule has 3 N–H and O–H groups in total. The molecule has 0 saturated carbocycles. The Morgan fingerprint density at radius 2 is 2.04 bits per heavy atom. The standard InChI is InChI=1S/C18H19FN4O/c19-7-9-24-15-3-1-2-13(10-15)6-8-21-18-16-11-14(20)4-5-17(16)22-12-23-18/h1-5,10-12H,6-9,20H2,(H,21,22,23). The van der Waals surface area contributed by atoms with Crippen molar-refractivity contribution in [3.8, 4) is 5.75 Å². The van der Waals surface area contributed by atoms with Crippen LogP contribution in [0.2, 0.25) is 0 Å². The summed E-state index contributed by atoms with van der Waals surface area (Å²) in [5, 5.41) is 4.22. The summed E-state index contributed by atoms with van der Waals surface area (Å²) in [5.41, 5.74) is 8.48. The molecule has 3 rings (SSSR count). The summed E-state index contributed by atoms with van der Waals surface area (Å²) in [6.45, 7) is 0.291. The monoisotopic (exact) mass is 326 g/mol. The van der Waals surface area contributed by atoms with E-state index in [9.17, 15) is 4.39 Å². The summed E-state index contributed by atoms with van der Waals surface area (Å²) < 4.78 is 17.5. The minimum atomic E-state index is -0.490. The molecule has 2 aromatic carbocycles. The second-order valence-electron chi connectivity index (χ2n) is 5.36. The van der Waals surface area contributed by atoms with Gasteiger partial charge in [-0.1, -0.05) is 12.1 Å². The number of nitrogens with one attached hydrogen (secondary N) is 1. The lowest BCUT2D eigenvalue weighted by atomic mass is 10.1. The highest BCUT2D eigenvalue weighted by Crippen LogP contribution is 2.21. The van der Waals surface area contributed by atoms with Gasteiger partial charge in [-0.2, -0.15) is 0 Å². The van der Waals surface area contributed by atoms with E-state index in [4.69, 9.17) is 10.5 Å². The minimum absolute atomic E-state index is 0.0794. The quantitative estimate of drug-likeness (QED) is 0.652. The van der Waals surface area contributed by atoms with Crippen molar-refractivity contribution in [1.82, 2.24) is 9.97 Å². The third-order valence-corrected chi connectivity index (χ3v) is 3.61. The van der Waals surface area contributed by atoms with Gasteiger partial charge >= 0.3 is 0 Å². The van der Waals surface area contributed by atoms with Gasteiger partial charge in [-0.25, -0.2) is 14.4 Å². The van der Waals surface area contributed by atoms with Crippen molar-refractivity contribution < 1.29 is 9.13 Å². The van der Waals surface area contributed by atoms with Crippen molar-refractivity contribution in [2.45, 2.75) is 6.42 Å². The molecule has 0 atom stereocenters. The van der Waals surface area contributed by atoms with E-state index in [0.717, 1.165) is 28.7 Å². The number of ether oxygens (including phenoxy) is 1. The molecular weight excluding hydrogens is 307 g/mol. The summed E-state index contributed by atoms with van der Waals surface area (Å²) in [5.74, 6) is 1.45. The van der Waals surface area contributed by atoms with Crippen molar-refractivity contribution in [3.05, 3.63) is 54.4 Å². The number of alkyl halides is 1. The van der Waals surface area contributed by atoms with Crippen LogP contribution in [0.5, 0.6) is 5.75 Å². The van der Waals surface area contributed by atoms with E-state index in [1.54, 1.807) is 0 Å². The van der Waals surface area contributed by atoms with E-state index in [1.165, 1.54) is 6.33 Å².